The monoisotopic (exact) mass is 401 g/mol. The molecule has 0 spiro atoms. The summed E-state index contributed by atoms with van der Waals surface area (Å²) in [6.45, 7) is 5.90. The molecule has 0 saturated carbocycles. The molecule has 1 amide bonds. The minimum absolute atomic E-state index is 0.101. The van der Waals surface area contributed by atoms with Crippen molar-refractivity contribution < 1.29 is 19.1 Å². The molecule has 1 N–H and O–H groups in total. The third-order valence-corrected chi connectivity index (χ3v) is 5.49. The second kappa shape index (κ2) is 7.67. The first-order chi connectivity index (χ1) is 14.4. The highest BCUT2D eigenvalue weighted by Crippen LogP contribution is 2.40. The van der Waals surface area contributed by atoms with Crippen molar-refractivity contribution in [1.82, 2.24) is 4.90 Å². The maximum Gasteiger partial charge on any atom is 0.296 e. The highest BCUT2D eigenvalue weighted by atomic mass is 16.3. The van der Waals surface area contributed by atoms with Crippen LogP contribution in [0.3, 0.4) is 0 Å². The van der Waals surface area contributed by atoms with Crippen LogP contribution >= 0.6 is 0 Å². The van der Waals surface area contributed by atoms with E-state index in [0.717, 1.165) is 22.3 Å². The zero-order valence-electron chi connectivity index (χ0n) is 17.2. The van der Waals surface area contributed by atoms with Crippen LogP contribution in [0.4, 0.5) is 0 Å². The topological polar surface area (TPSA) is 70.8 Å². The maximum absolute atomic E-state index is 13.1. The van der Waals surface area contributed by atoms with Crippen LogP contribution in [0.25, 0.3) is 5.76 Å². The molecular formula is C25H23NO4. The first kappa shape index (κ1) is 19.7. The molecule has 1 aliphatic heterocycles. The van der Waals surface area contributed by atoms with Gasteiger partial charge in [-0.05, 0) is 50.1 Å². The molecule has 0 radical (unpaired) electrons. The Morgan fingerprint density at radius 1 is 1.00 bits per heavy atom. The fraction of sp³-hybridized carbons (Fsp3) is 0.200. The minimum Gasteiger partial charge on any atom is -0.507 e. The Labute approximate surface area is 175 Å². The molecule has 30 heavy (non-hydrogen) atoms. The number of carbonyl (C=O) groups is 2. The van der Waals surface area contributed by atoms with Gasteiger partial charge in [-0.15, -0.1) is 0 Å². The van der Waals surface area contributed by atoms with Crippen molar-refractivity contribution in [2.24, 2.45) is 0 Å². The maximum atomic E-state index is 13.1. The van der Waals surface area contributed by atoms with Crippen LogP contribution in [0.1, 0.15) is 39.6 Å². The van der Waals surface area contributed by atoms with Crippen molar-refractivity contribution in [2.75, 3.05) is 0 Å². The number of aliphatic hydroxyl groups excluding tert-OH is 1. The number of hydrogen-bond acceptors (Lipinski definition) is 4. The summed E-state index contributed by atoms with van der Waals surface area (Å²) < 4.78 is 5.41. The van der Waals surface area contributed by atoms with Crippen molar-refractivity contribution in [2.45, 2.75) is 33.4 Å². The third kappa shape index (κ3) is 3.43. The Balaban J connectivity index is 1.90. The first-order valence-corrected chi connectivity index (χ1v) is 9.82. The van der Waals surface area contributed by atoms with E-state index in [2.05, 4.69) is 0 Å². The molecule has 2 heterocycles. The number of amides is 1. The summed E-state index contributed by atoms with van der Waals surface area (Å²) in [7, 11) is 0. The summed E-state index contributed by atoms with van der Waals surface area (Å²) in [6, 6.07) is 16.1. The molecule has 2 aromatic carbocycles. The zero-order chi connectivity index (χ0) is 21.4. The summed E-state index contributed by atoms with van der Waals surface area (Å²) in [5.41, 5.74) is 4.28. The van der Waals surface area contributed by atoms with Crippen molar-refractivity contribution in [1.29, 1.82) is 0 Å². The summed E-state index contributed by atoms with van der Waals surface area (Å²) in [4.78, 5) is 27.5. The number of likely N-dealkylation sites (tertiary alicyclic amines) is 1. The summed E-state index contributed by atoms with van der Waals surface area (Å²) in [5.74, 6) is -0.919. The fourth-order valence-corrected chi connectivity index (χ4v) is 3.84. The van der Waals surface area contributed by atoms with Gasteiger partial charge in [0.05, 0.1) is 24.4 Å². The van der Waals surface area contributed by atoms with E-state index >= 15 is 0 Å². The van der Waals surface area contributed by atoms with E-state index in [0.29, 0.717) is 11.3 Å². The van der Waals surface area contributed by atoms with E-state index < -0.39 is 17.7 Å². The van der Waals surface area contributed by atoms with Gasteiger partial charge in [-0.1, -0.05) is 47.5 Å². The Morgan fingerprint density at radius 3 is 2.37 bits per heavy atom. The van der Waals surface area contributed by atoms with Gasteiger partial charge in [-0.25, -0.2) is 0 Å². The molecule has 0 bridgehead atoms. The standard InChI is InChI=1S/C25H23NO4/c1-15-7-10-18(11-8-15)22-21(23(27)20-13-16(2)6-9-17(20)3)24(28)25(29)26(22)14-19-5-4-12-30-19/h4-13,22,27H,14H2,1-3H3/b23-21+. The number of benzene rings is 2. The van der Waals surface area contributed by atoms with Gasteiger partial charge < -0.3 is 14.4 Å². The van der Waals surface area contributed by atoms with Crippen molar-refractivity contribution in [3.05, 3.63) is 100 Å². The third-order valence-electron chi connectivity index (χ3n) is 5.49. The molecule has 5 heteroatoms. The van der Waals surface area contributed by atoms with Gasteiger partial charge in [-0.2, -0.15) is 0 Å². The quantitative estimate of drug-likeness (QED) is 0.386. The lowest BCUT2D eigenvalue weighted by Gasteiger charge is -2.24. The SMILES string of the molecule is Cc1ccc(C2/C(=C(\O)c3cc(C)ccc3C)C(=O)C(=O)N2Cc2ccco2)cc1. The van der Waals surface area contributed by atoms with Crippen LogP contribution in [-0.4, -0.2) is 21.7 Å². The molecule has 152 valence electrons. The Bertz CT molecular complexity index is 1140. The lowest BCUT2D eigenvalue weighted by atomic mass is 9.93. The Kier molecular flexibility index (Phi) is 5.04. The minimum atomic E-state index is -0.699. The zero-order valence-corrected chi connectivity index (χ0v) is 17.2. The van der Waals surface area contributed by atoms with Crippen LogP contribution < -0.4 is 0 Å². The molecule has 5 nitrogen and oxygen atoms in total. The van der Waals surface area contributed by atoms with E-state index in [1.807, 2.05) is 63.2 Å². The second-order valence-electron chi connectivity index (χ2n) is 7.74. The lowest BCUT2D eigenvalue weighted by molar-refractivity contribution is -0.140. The summed E-state index contributed by atoms with van der Waals surface area (Å²) in [5, 5.41) is 11.2. The van der Waals surface area contributed by atoms with E-state index in [-0.39, 0.29) is 17.9 Å². The van der Waals surface area contributed by atoms with Crippen molar-refractivity contribution in [3.63, 3.8) is 0 Å². The molecule has 3 aromatic rings. The normalized spacial score (nSPS) is 18.2. The summed E-state index contributed by atoms with van der Waals surface area (Å²) in [6.07, 6.45) is 1.53. The van der Waals surface area contributed by atoms with E-state index in [9.17, 15) is 14.7 Å². The molecule has 0 aliphatic carbocycles. The highest BCUT2D eigenvalue weighted by Gasteiger charge is 2.46. The van der Waals surface area contributed by atoms with Gasteiger partial charge in [-0.3, -0.25) is 9.59 Å². The van der Waals surface area contributed by atoms with Crippen LogP contribution in [0.15, 0.2) is 70.9 Å². The summed E-state index contributed by atoms with van der Waals surface area (Å²) >= 11 is 0. The molecule has 1 fully saturated rings. The fourth-order valence-electron chi connectivity index (χ4n) is 3.84. The van der Waals surface area contributed by atoms with Gasteiger partial charge in [0.1, 0.15) is 11.5 Å². The number of aryl methyl sites for hydroxylation is 3. The predicted molar refractivity (Wildman–Crippen MR) is 114 cm³/mol. The lowest BCUT2D eigenvalue weighted by Crippen LogP contribution is -2.29. The Morgan fingerprint density at radius 2 is 1.70 bits per heavy atom. The van der Waals surface area contributed by atoms with E-state index in [4.69, 9.17) is 4.42 Å². The molecule has 1 aromatic heterocycles. The molecule has 1 atom stereocenters. The van der Waals surface area contributed by atoms with Gasteiger partial charge in [0.25, 0.3) is 11.7 Å². The number of hydrogen-bond donors (Lipinski definition) is 1. The number of Topliss-reactive ketones (excluding diaryl/α,β-unsaturated/α-hetero) is 1. The van der Waals surface area contributed by atoms with Crippen LogP contribution in [0, 0.1) is 20.8 Å². The van der Waals surface area contributed by atoms with Gasteiger partial charge >= 0.3 is 0 Å². The number of nitrogens with zero attached hydrogens (tertiary/aromatic N) is 1. The van der Waals surface area contributed by atoms with E-state index in [1.165, 1.54) is 11.2 Å². The van der Waals surface area contributed by atoms with E-state index in [1.54, 1.807) is 12.1 Å². The first-order valence-electron chi connectivity index (χ1n) is 9.82. The average Bonchev–Trinajstić information content (AvgIpc) is 3.32. The van der Waals surface area contributed by atoms with Crippen LogP contribution in [0.2, 0.25) is 0 Å². The van der Waals surface area contributed by atoms with Crippen molar-refractivity contribution >= 4 is 17.4 Å². The van der Waals surface area contributed by atoms with Gasteiger partial charge in [0.15, 0.2) is 0 Å². The van der Waals surface area contributed by atoms with Crippen LogP contribution in [0.5, 0.6) is 0 Å². The molecule has 1 unspecified atom stereocenters. The number of aliphatic hydroxyl groups is 1. The highest BCUT2D eigenvalue weighted by molar-refractivity contribution is 6.46. The number of carbonyl (C=O) groups excluding carboxylic acids is 2. The molecule has 4 rings (SSSR count). The number of ketones is 1. The largest absolute Gasteiger partial charge is 0.507 e. The smallest absolute Gasteiger partial charge is 0.296 e. The van der Waals surface area contributed by atoms with Crippen molar-refractivity contribution in [3.8, 4) is 0 Å². The molecule has 1 saturated heterocycles. The average molecular weight is 401 g/mol. The van der Waals surface area contributed by atoms with Gasteiger partial charge in [0.2, 0.25) is 0 Å². The Hall–Kier alpha value is -3.60. The number of rotatable bonds is 4. The second-order valence-corrected chi connectivity index (χ2v) is 7.74. The molecule has 1 aliphatic rings. The van der Waals surface area contributed by atoms with Gasteiger partial charge in [0, 0.05) is 5.56 Å². The predicted octanol–water partition coefficient (Wildman–Crippen LogP) is 4.83. The van der Waals surface area contributed by atoms with Crippen LogP contribution in [-0.2, 0) is 16.1 Å². The molecular weight excluding hydrogens is 378 g/mol. The number of furan rings is 1.